The van der Waals surface area contributed by atoms with Crippen LogP contribution in [0.25, 0.3) is 11.0 Å². The Morgan fingerprint density at radius 1 is 1.43 bits per heavy atom. The summed E-state index contributed by atoms with van der Waals surface area (Å²) in [4.78, 5) is 19.5. The molecule has 8 heteroatoms. The first-order valence-corrected chi connectivity index (χ1v) is 6.36. The van der Waals surface area contributed by atoms with E-state index in [4.69, 9.17) is 5.11 Å². The maximum Gasteiger partial charge on any atom is 0.328 e. The molecule has 3 aromatic heterocycles. The van der Waals surface area contributed by atoms with E-state index in [-0.39, 0.29) is 0 Å². The SMILES string of the molecule is CC(C(=O)O)n1cc(Nc2ncc3ccn(C)c3n2)cn1. The Kier molecular flexibility index (Phi) is 3.05. The van der Waals surface area contributed by atoms with E-state index >= 15 is 0 Å². The van der Waals surface area contributed by atoms with Crippen LogP contribution in [0, 0.1) is 0 Å². The zero-order valence-electron chi connectivity index (χ0n) is 11.6. The molecule has 8 nitrogen and oxygen atoms in total. The van der Waals surface area contributed by atoms with Gasteiger partial charge in [0, 0.05) is 31.0 Å². The number of carboxylic acids is 1. The summed E-state index contributed by atoms with van der Waals surface area (Å²) in [6.45, 7) is 1.56. The van der Waals surface area contributed by atoms with Crippen LogP contribution in [0.4, 0.5) is 11.6 Å². The first-order valence-electron chi connectivity index (χ1n) is 6.36. The summed E-state index contributed by atoms with van der Waals surface area (Å²) in [6, 6.07) is 1.21. The van der Waals surface area contributed by atoms with Gasteiger partial charge in [0.15, 0.2) is 0 Å². The first kappa shape index (κ1) is 13.1. The van der Waals surface area contributed by atoms with Crippen LogP contribution in [0.15, 0.2) is 30.9 Å². The highest BCUT2D eigenvalue weighted by Crippen LogP contribution is 2.17. The van der Waals surface area contributed by atoms with E-state index in [1.54, 1.807) is 19.3 Å². The van der Waals surface area contributed by atoms with E-state index in [0.717, 1.165) is 11.0 Å². The first-order chi connectivity index (χ1) is 10.0. The second-order valence-corrected chi connectivity index (χ2v) is 4.75. The van der Waals surface area contributed by atoms with Gasteiger partial charge >= 0.3 is 5.97 Å². The van der Waals surface area contributed by atoms with E-state index in [1.165, 1.54) is 10.9 Å². The largest absolute Gasteiger partial charge is 0.480 e. The Morgan fingerprint density at radius 2 is 2.24 bits per heavy atom. The quantitative estimate of drug-likeness (QED) is 0.755. The number of hydrogen-bond acceptors (Lipinski definition) is 5. The van der Waals surface area contributed by atoms with Crippen LogP contribution >= 0.6 is 0 Å². The minimum Gasteiger partial charge on any atom is -0.480 e. The molecule has 1 unspecified atom stereocenters. The van der Waals surface area contributed by atoms with Crippen molar-refractivity contribution in [2.75, 3.05) is 5.32 Å². The number of aryl methyl sites for hydroxylation is 1. The van der Waals surface area contributed by atoms with Crippen LogP contribution in [-0.4, -0.2) is 35.4 Å². The molecular weight excluding hydrogens is 272 g/mol. The number of hydrogen-bond donors (Lipinski definition) is 2. The Balaban J connectivity index is 1.85. The molecule has 0 aliphatic carbocycles. The average Bonchev–Trinajstić information content (AvgIpc) is 3.06. The highest BCUT2D eigenvalue weighted by atomic mass is 16.4. The monoisotopic (exact) mass is 286 g/mol. The molecule has 0 amide bonds. The number of rotatable bonds is 4. The third kappa shape index (κ3) is 2.42. The average molecular weight is 286 g/mol. The number of aromatic nitrogens is 5. The van der Waals surface area contributed by atoms with Gasteiger partial charge in [0.25, 0.3) is 0 Å². The summed E-state index contributed by atoms with van der Waals surface area (Å²) in [7, 11) is 1.91. The summed E-state index contributed by atoms with van der Waals surface area (Å²) >= 11 is 0. The molecule has 0 fully saturated rings. The van der Waals surface area contributed by atoms with Gasteiger partial charge in [-0.25, -0.2) is 9.78 Å². The lowest BCUT2D eigenvalue weighted by atomic mass is 10.3. The number of fused-ring (bicyclic) bond motifs is 1. The van der Waals surface area contributed by atoms with Crippen LogP contribution in [0.3, 0.4) is 0 Å². The Labute approximate surface area is 120 Å². The Bertz CT molecular complexity index is 806. The van der Waals surface area contributed by atoms with E-state index in [2.05, 4.69) is 20.4 Å². The number of nitrogens with one attached hydrogen (secondary N) is 1. The maximum atomic E-state index is 10.9. The van der Waals surface area contributed by atoms with Crippen LogP contribution in [-0.2, 0) is 11.8 Å². The number of nitrogens with zero attached hydrogens (tertiary/aromatic N) is 5. The van der Waals surface area contributed by atoms with Gasteiger partial charge in [0.1, 0.15) is 11.7 Å². The summed E-state index contributed by atoms with van der Waals surface area (Å²) in [5.41, 5.74) is 1.45. The molecule has 0 radical (unpaired) electrons. The minimum absolute atomic E-state index is 0.437. The van der Waals surface area contributed by atoms with Crippen molar-refractivity contribution < 1.29 is 9.90 Å². The van der Waals surface area contributed by atoms with E-state index in [9.17, 15) is 4.79 Å². The summed E-state index contributed by atoms with van der Waals surface area (Å²) in [5, 5.41) is 16.9. The van der Waals surface area contributed by atoms with Gasteiger partial charge in [-0.05, 0) is 13.0 Å². The predicted octanol–water partition coefficient (Wildman–Crippen LogP) is 1.55. The molecule has 2 N–H and O–H groups in total. The zero-order chi connectivity index (χ0) is 15.0. The molecule has 0 spiro atoms. The molecule has 0 bridgehead atoms. The minimum atomic E-state index is -0.939. The van der Waals surface area contributed by atoms with Gasteiger partial charge in [-0.15, -0.1) is 0 Å². The van der Waals surface area contributed by atoms with Gasteiger partial charge < -0.3 is 15.0 Å². The van der Waals surface area contributed by atoms with Crippen molar-refractivity contribution >= 4 is 28.6 Å². The fourth-order valence-corrected chi connectivity index (χ4v) is 1.96. The van der Waals surface area contributed by atoms with Crippen molar-refractivity contribution in [3.8, 4) is 0 Å². The van der Waals surface area contributed by atoms with Crippen molar-refractivity contribution in [1.29, 1.82) is 0 Å². The molecule has 3 rings (SSSR count). The van der Waals surface area contributed by atoms with Crippen LogP contribution in [0.1, 0.15) is 13.0 Å². The molecule has 108 valence electrons. The van der Waals surface area contributed by atoms with Crippen molar-refractivity contribution in [2.24, 2.45) is 7.05 Å². The van der Waals surface area contributed by atoms with Gasteiger partial charge in [-0.2, -0.15) is 10.1 Å². The normalized spacial score (nSPS) is 12.5. The van der Waals surface area contributed by atoms with Crippen molar-refractivity contribution in [2.45, 2.75) is 13.0 Å². The van der Waals surface area contributed by atoms with Crippen molar-refractivity contribution in [1.82, 2.24) is 24.3 Å². The third-order valence-corrected chi connectivity index (χ3v) is 3.22. The summed E-state index contributed by atoms with van der Waals surface area (Å²) < 4.78 is 3.27. The van der Waals surface area contributed by atoms with Gasteiger partial charge in [-0.3, -0.25) is 4.68 Å². The highest BCUT2D eigenvalue weighted by Gasteiger charge is 2.14. The lowest BCUT2D eigenvalue weighted by Crippen LogP contribution is -2.15. The van der Waals surface area contributed by atoms with E-state index in [0.29, 0.717) is 11.6 Å². The predicted molar refractivity (Wildman–Crippen MR) is 76.4 cm³/mol. The maximum absolute atomic E-state index is 10.9. The zero-order valence-corrected chi connectivity index (χ0v) is 11.6. The molecule has 0 saturated heterocycles. The number of anilines is 2. The topological polar surface area (TPSA) is 97.9 Å². The molecule has 0 aliphatic heterocycles. The number of carboxylic acid groups (broad SMARTS) is 1. The fourth-order valence-electron chi connectivity index (χ4n) is 1.96. The second-order valence-electron chi connectivity index (χ2n) is 4.75. The Hall–Kier alpha value is -2.90. The highest BCUT2D eigenvalue weighted by molar-refractivity contribution is 5.76. The lowest BCUT2D eigenvalue weighted by molar-refractivity contribution is -0.140. The molecule has 3 aromatic rings. The number of carbonyl (C=O) groups is 1. The smallest absolute Gasteiger partial charge is 0.328 e. The molecule has 0 aliphatic rings. The van der Waals surface area contributed by atoms with Crippen LogP contribution in [0.5, 0.6) is 0 Å². The lowest BCUT2D eigenvalue weighted by Gasteiger charge is -2.05. The van der Waals surface area contributed by atoms with Gasteiger partial charge in [0.05, 0.1) is 11.9 Å². The van der Waals surface area contributed by atoms with Gasteiger partial charge in [-0.1, -0.05) is 0 Å². The molecular formula is C13H14N6O2. The third-order valence-electron chi connectivity index (χ3n) is 3.22. The van der Waals surface area contributed by atoms with Crippen molar-refractivity contribution in [3.05, 3.63) is 30.9 Å². The van der Waals surface area contributed by atoms with Gasteiger partial charge in [0.2, 0.25) is 5.95 Å². The Morgan fingerprint density at radius 3 is 3.00 bits per heavy atom. The standard InChI is InChI=1S/C13H14N6O2/c1-8(12(20)21)19-7-10(6-15-19)16-13-14-5-9-3-4-18(2)11(9)17-13/h3-8H,1-2H3,(H,20,21)(H,14,16,17). The van der Waals surface area contributed by atoms with Crippen molar-refractivity contribution in [3.63, 3.8) is 0 Å². The van der Waals surface area contributed by atoms with Crippen LogP contribution in [0.2, 0.25) is 0 Å². The molecule has 0 aromatic carbocycles. The second kappa shape index (κ2) is 4.89. The molecule has 0 saturated carbocycles. The molecule has 21 heavy (non-hydrogen) atoms. The fraction of sp³-hybridized carbons (Fsp3) is 0.231. The summed E-state index contributed by atoms with van der Waals surface area (Å²) in [6.07, 6.45) is 6.79. The molecule has 1 atom stereocenters. The van der Waals surface area contributed by atoms with E-state index in [1.807, 2.05) is 23.9 Å². The summed E-state index contributed by atoms with van der Waals surface area (Å²) in [5.74, 6) is -0.502. The molecule has 3 heterocycles. The van der Waals surface area contributed by atoms with Crippen LogP contribution < -0.4 is 5.32 Å². The number of aliphatic carboxylic acids is 1. The van der Waals surface area contributed by atoms with E-state index < -0.39 is 12.0 Å².